The van der Waals surface area contributed by atoms with Gasteiger partial charge < -0.3 is 19.5 Å². The molecule has 6 nitrogen and oxygen atoms in total. The van der Waals surface area contributed by atoms with E-state index in [4.69, 9.17) is 4.74 Å². The average molecular weight is 349 g/mol. The van der Waals surface area contributed by atoms with Gasteiger partial charge >= 0.3 is 12.6 Å². The molecular formula is C17H13F2NO5. The van der Waals surface area contributed by atoms with E-state index in [2.05, 4.69) is 4.74 Å². The monoisotopic (exact) mass is 349 g/mol. The molecule has 0 aliphatic carbocycles. The Labute approximate surface area is 141 Å². The van der Waals surface area contributed by atoms with E-state index in [0.717, 1.165) is 0 Å². The predicted octanol–water partition coefficient (Wildman–Crippen LogP) is 2.78. The van der Waals surface area contributed by atoms with Gasteiger partial charge in [0.2, 0.25) is 6.10 Å². The van der Waals surface area contributed by atoms with E-state index >= 15 is 0 Å². The molecule has 1 amide bonds. The smallest absolute Gasteiger partial charge is 0.387 e. The van der Waals surface area contributed by atoms with Crippen molar-refractivity contribution in [3.63, 3.8) is 0 Å². The number of carboxylic acids is 1. The van der Waals surface area contributed by atoms with Crippen LogP contribution < -0.4 is 14.4 Å². The summed E-state index contributed by atoms with van der Waals surface area (Å²) in [5.74, 6) is -1.94. The molecule has 8 heteroatoms. The largest absolute Gasteiger partial charge is 0.478 e. The fourth-order valence-electron chi connectivity index (χ4n) is 2.54. The number of anilines is 1. The highest BCUT2D eigenvalue weighted by Gasteiger charge is 2.35. The number of carbonyl (C=O) groups is 2. The van der Waals surface area contributed by atoms with Gasteiger partial charge in [0.05, 0.1) is 17.8 Å². The number of hydrogen-bond acceptors (Lipinski definition) is 4. The van der Waals surface area contributed by atoms with Gasteiger partial charge in [0.25, 0.3) is 5.91 Å². The number of carbonyl (C=O) groups excluding carboxylic acids is 1. The number of nitrogens with zero attached hydrogens (tertiary/aromatic N) is 1. The lowest BCUT2D eigenvalue weighted by Gasteiger charge is -2.33. The second-order valence-corrected chi connectivity index (χ2v) is 5.20. The second-order valence-electron chi connectivity index (χ2n) is 5.20. The van der Waals surface area contributed by atoms with E-state index in [0.29, 0.717) is 5.69 Å². The highest BCUT2D eigenvalue weighted by atomic mass is 19.3. The lowest BCUT2D eigenvalue weighted by atomic mass is 10.1. The molecule has 0 saturated carbocycles. The number of ether oxygens (including phenoxy) is 2. The van der Waals surface area contributed by atoms with Gasteiger partial charge in [0, 0.05) is 0 Å². The first-order valence-electron chi connectivity index (χ1n) is 7.31. The van der Waals surface area contributed by atoms with E-state index in [-0.39, 0.29) is 23.6 Å². The minimum absolute atomic E-state index is 0.0939. The van der Waals surface area contributed by atoms with Gasteiger partial charge in [0.15, 0.2) is 0 Å². The van der Waals surface area contributed by atoms with Crippen LogP contribution in [0.3, 0.4) is 0 Å². The van der Waals surface area contributed by atoms with Gasteiger partial charge in [0.1, 0.15) is 11.5 Å². The number of aliphatic carboxylic acids is 1. The number of rotatable bonds is 4. The normalized spacial score (nSPS) is 16.1. The highest BCUT2D eigenvalue weighted by Crippen LogP contribution is 2.35. The number of alkyl halides is 2. The van der Waals surface area contributed by atoms with Crippen molar-refractivity contribution in [1.82, 2.24) is 0 Å². The highest BCUT2D eigenvalue weighted by molar-refractivity contribution is 6.09. The minimum Gasteiger partial charge on any atom is -0.478 e. The van der Waals surface area contributed by atoms with Crippen LogP contribution >= 0.6 is 0 Å². The lowest BCUT2D eigenvalue weighted by Crippen LogP contribution is -2.47. The van der Waals surface area contributed by atoms with Crippen LogP contribution in [0.15, 0.2) is 48.5 Å². The van der Waals surface area contributed by atoms with Crippen LogP contribution in [0, 0.1) is 0 Å². The molecule has 1 atom stereocenters. The quantitative estimate of drug-likeness (QED) is 0.919. The molecule has 2 aromatic carbocycles. The summed E-state index contributed by atoms with van der Waals surface area (Å²) in [6.45, 7) is -3.34. The molecule has 1 aliphatic rings. The molecule has 1 aliphatic heterocycles. The zero-order valence-electron chi connectivity index (χ0n) is 12.8. The van der Waals surface area contributed by atoms with Crippen LogP contribution in [0.2, 0.25) is 0 Å². The number of amides is 1. The predicted molar refractivity (Wildman–Crippen MR) is 83.2 cm³/mol. The van der Waals surface area contributed by atoms with E-state index < -0.39 is 24.6 Å². The van der Waals surface area contributed by atoms with Crippen LogP contribution in [-0.2, 0) is 4.79 Å². The van der Waals surface area contributed by atoms with Crippen LogP contribution in [0.1, 0.15) is 10.4 Å². The van der Waals surface area contributed by atoms with Crippen molar-refractivity contribution in [2.24, 2.45) is 0 Å². The molecule has 0 fully saturated rings. The van der Waals surface area contributed by atoms with Crippen molar-refractivity contribution in [2.45, 2.75) is 12.7 Å². The molecule has 0 spiro atoms. The van der Waals surface area contributed by atoms with Gasteiger partial charge in [-0.2, -0.15) is 8.78 Å². The maximum atomic E-state index is 12.9. The number of fused-ring (bicyclic) bond motifs is 1. The van der Waals surface area contributed by atoms with Crippen LogP contribution in [-0.4, -0.2) is 36.2 Å². The molecule has 130 valence electrons. The van der Waals surface area contributed by atoms with Gasteiger partial charge in [-0.15, -0.1) is 0 Å². The third-order valence-corrected chi connectivity index (χ3v) is 3.63. The Kier molecular flexibility index (Phi) is 4.51. The van der Waals surface area contributed by atoms with Gasteiger partial charge in [-0.05, 0) is 24.3 Å². The maximum Gasteiger partial charge on any atom is 0.387 e. The summed E-state index contributed by atoms with van der Waals surface area (Å²) in [4.78, 5) is 25.4. The van der Waals surface area contributed by atoms with Crippen LogP contribution in [0.4, 0.5) is 14.5 Å². The summed E-state index contributed by atoms with van der Waals surface area (Å²) in [6.07, 6.45) is -1.26. The first kappa shape index (κ1) is 16.7. The Morgan fingerprint density at radius 2 is 1.84 bits per heavy atom. The Morgan fingerprint density at radius 1 is 1.16 bits per heavy atom. The molecule has 0 saturated heterocycles. The first-order chi connectivity index (χ1) is 12.0. The van der Waals surface area contributed by atoms with Gasteiger partial charge in [-0.3, -0.25) is 4.79 Å². The van der Waals surface area contributed by atoms with Gasteiger partial charge in [-0.1, -0.05) is 24.3 Å². The maximum absolute atomic E-state index is 12.9. The molecule has 0 aromatic heterocycles. The second kappa shape index (κ2) is 6.76. The van der Waals surface area contributed by atoms with Crippen molar-refractivity contribution in [2.75, 3.05) is 11.4 Å². The summed E-state index contributed by atoms with van der Waals surface area (Å²) in [5, 5.41) is 9.22. The Morgan fingerprint density at radius 3 is 2.56 bits per heavy atom. The lowest BCUT2D eigenvalue weighted by molar-refractivity contribution is -0.144. The number of halogens is 2. The zero-order valence-corrected chi connectivity index (χ0v) is 12.8. The number of para-hydroxylation sites is 3. The van der Waals surface area contributed by atoms with Crippen molar-refractivity contribution in [1.29, 1.82) is 0 Å². The molecule has 3 rings (SSSR count). The van der Waals surface area contributed by atoms with Crippen molar-refractivity contribution in [3.05, 3.63) is 54.1 Å². The third-order valence-electron chi connectivity index (χ3n) is 3.63. The fourth-order valence-corrected chi connectivity index (χ4v) is 2.54. The fraction of sp³-hybridized carbons (Fsp3) is 0.176. The summed E-state index contributed by atoms with van der Waals surface area (Å²) in [7, 11) is 0. The number of benzene rings is 2. The van der Waals surface area contributed by atoms with E-state index in [1.54, 1.807) is 18.2 Å². The van der Waals surface area contributed by atoms with Crippen molar-refractivity contribution in [3.8, 4) is 11.5 Å². The number of carboxylic acid groups (broad SMARTS) is 1. The molecular weight excluding hydrogens is 336 g/mol. The Bertz CT molecular complexity index is 811. The zero-order chi connectivity index (χ0) is 18.0. The van der Waals surface area contributed by atoms with Crippen LogP contribution in [0.5, 0.6) is 11.5 Å². The van der Waals surface area contributed by atoms with E-state index in [1.807, 2.05) is 0 Å². The molecule has 2 aromatic rings. The summed E-state index contributed by atoms with van der Waals surface area (Å²) >= 11 is 0. The Balaban J connectivity index is 2.00. The molecule has 0 radical (unpaired) electrons. The van der Waals surface area contributed by atoms with Crippen molar-refractivity contribution < 1.29 is 33.0 Å². The minimum atomic E-state index is -3.09. The molecule has 1 unspecified atom stereocenters. The molecule has 1 heterocycles. The van der Waals surface area contributed by atoms with Crippen LogP contribution in [0.25, 0.3) is 0 Å². The summed E-state index contributed by atoms with van der Waals surface area (Å²) in [6, 6.07) is 12.0. The average Bonchev–Trinajstić information content (AvgIpc) is 2.60. The molecule has 25 heavy (non-hydrogen) atoms. The van der Waals surface area contributed by atoms with E-state index in [1.165, 1.54) is 35.2 Å². The van der Waals surface area contributed by atoms with E-state index in [9.17, 15) is 23.5 Å². The topological polar surface area (TPSA) is 76.1 Å². The molecule has 0 bridgehead atoms. The van der Waals surface area contributed by atoms with Gasteiger partial charge in [-0.25, -0.2) is 4.79 Å². The third kappa shape index (κ3) is 3.37. The number of hydrogen-bond donors (Lipinski definition) is 1. The van der Waals surface area contributed by atoms with Crippen molar-refractivity contribution >= 4 is 17.6 Å². The summed E-state index contributed by atoms with van der Waals surface area (Å²) < 4.78 is 34.9. The standard InChI is InChI=1S/C17H13F2NO5/c18-17(19)25-12-7-3-1-5-10(12)15(21)20-9-14(16(22)23)24-13-8-4-2-6-11(13)20/h1-8,14,17H,9H2,(H,22,23). The first-order valence-corrected chi connectivity index (χ1v) is 7.31. The molecule has 1 N–H and O–H groups in total. The summed E-state index contributed by atoms with van der Waals surface area (Å²) in [5.41, 5.74) is 0.264. The SMILES string of the molecule is O=C(O)C1CN(C(=O)c2ccccc2OC(F)F)c2ccccc2O1. The Hall–Kier alpha value is -3.16.